The number of hydrogen-bond donors (Lipinski definition) is 0. The van der Waals surface area contributed by atoms with Crippen LogP contribution in [-0.2, 0) is 14.8 Å². The van der Waals surface area contributed by atoms with Crippen molar-refractivity contribution in [3.05, 3.63) is 60.7 Å². The Balaban J connectivity index is 1.40. The third-order valence-electron chi connectivity index (χ3n) is 6.31. The maximum atomic E-state index is 13.4. The van der Waals surface area contributed by atoms with Crippen molar-refractivity contribution in [3.8, 4) is 0 Å². The van der Waals surface area contributed by atoms with E-state index in [0.717, 1.165) is 31.4 Å². The van der Waals surface area contributed by atoms with Gasteiger partial charge < -0.3 is 4.90 Å². The first kappa shape index (κ1) is 22.0. The van der Waals surface area contributed by atoms with E-state index >= 15 is 0 Å². The second-order valence-corrected chi connectivity index (χ2v) is 10.3. The molecular weight excluding hydrogens is 410 g/mol. The van der Waals surface area contributed by atoms with E-state index in [0.29, 0.717) is 37.6 Å². The van der Waals surface area contributed by atoms with E-state index in [4.69, 9.17) is 0 Å². The zero-order chi connectivity index (χ0) is 21.7. The average molecular weight is 442 g/mol. The fourth-order valence-corrected chi connectivity index (χ4v) is 6.07. The lowest BCUT2D eigenvalue weighted by Crippen LogP contribution is -2.53. The number of piperazine rings is 1. The van der Waals surface area contributed by atoms with Crippen LogP contribution in [0.4, 0.5) is 5.69 Å². The number of rotatable bonds is 6. The van der Waals surface area contributed by atoms with Gasteiger partial charge in [-0.2, -0.15) is 4.31 Å². The van der Waals surface area contributed by atoms with E-state index in [9.17, 15) is 13.2 Å². The molecular formula is C24H31N3O3S. The van der Waals surface area contributed by atoms with Gasteiger partial charge in [-0.1, -0.05) is 55.7 Å². The predicted molar refractivity (Wildman–Crippen MR) is 122 cm³/mol. The summed E-state index contributed by atoms with van der Waals surface area (Å²) in [5, 5.41) is 0. The lowest BCUT2D eigenvalue weighted by Gasteiger charge is -2.38. The second-order valence-electron chi connectivity index (χ2n) is 8.38. The highest BCUT2D eigenvalue weighted by Crippen LogP contribution is 2.28. The van der Waals surface area contributed by atoms with Crippen molar-refractivity contribution in [2.75, 3.05) is 37.6 Å². The number of carbonyl (C=O) groups excluding carboxylic acids is 1. The summed E-state index contributed by atoms with van der Waals surface area (Å²) in [5.41, 5.74) is 0.963. The summed E-state index contributed by atoms with van der Waals surface area (Å²) in [5.74, 6) is 0.109. The molecule has 2 aromatic carbocycles. The van der Waals surface area contributed by atoms with Gasteiger partial charge in [0, 0.05) is 37.9 Å². The number of para-hydroxylation sites is 1. The second kappa shape index (κ2) is 9.94. The largest absolute Gasteiger partial charge is 0.308 e. The number of sulfonamides is 1. The standard InChI is InChI=1S/C24H31N3O3S/c28-24(27(21-10-4-1-5-11-21)22-12-6-2-7-13-22)20-25-16-18-26(19-17-25)31(29,30)23-14-8-3-9-15-23/h1,3-5,8-11,14-15,22H,2,6-7,12-13,16-20H2. The molecule has 0 atom stereocenters. The molecule has 31 heavy (non-hydrogen) atoms. The monoisotopic (exact) mass is 441 g/mol. The van der Waals surface area contributed by atoms with Crippen LogP contribution in [0.2, 0.25) is 0 Å². The van der Waals surface area contributed by atoms with E-state index in [1.54, 1.807) is 24.3 Å². The summed E-state index contributed by atoms with van der Waals surface area (Å²) in [6.45, 7) is 2.25. The average Bonchev–Trinajstić information content (AvgIpc) is 2.81. The Hall–Kier alpha value is -2.22. The quantitative estimate of drug-likeness (QED) is 0.690. The number of nitrogens with zero attached hydrogens (tertiary/aromatic N) is 3. The van der Waals surface area contributed by atoms with Crippen molar-refractivity contribution < 1.29 is 13.2 Å². The van der Waals surface area contributed by atoms with Crippen LogP contribution in [0, 0.1) is 0 Å². The first-order chi connectivity index (χ1) is 15.1. The van der Waals surface area contributed by atoms with Gasteiger partial charge in [0.15, 0.2) is 0 Å². The molecule has 0 N–H and O–H groups in total. The van der Waals surface area contributed by atoms with Gasteiger partial charge in [0.2, 0.25) is 15.9 Å². The van der Waals surface area contributed by atoms with Gasteiger partial charge in [-0.3, -0.25) is 9.69 Å². The van der Waals surface area contributed by atoms with Gasteiger partial charge in [-0.05, 0) is 37.1 Å². The highest BCUT2D eigenvalue weighted by atomic mass is 32.2. The number of benzene rings is 2. The smallest absolute Gasteiger partial charge is 0.243 e. The van der Waals surface area contributed by atoms with Gasteiger partial charge in [0.05, 0.1) is 11.4 Å². The highest BCUT2D eigenvalue weighted by molar-refractivity contribution is 7.89. The number of carbonyl (C=O) groups is 1. The fourth-order valence-electron chi connectivity index (χ4n) is 4.62. The Bertz CT molecular complexity index is 952. The minimum atomic E-state index is -3.48. The third-order valence-corrected chi connectivity index (χ3v) is 8.23. The summed E-state index contributed by atoms with van der Waals surface area (Å²) >= 11 is 0. The normalized spacial score (nSPS) is 19.2. The van der Waals surface area contributed by atoms with Crippen LogP contribution in [0.15, 0.2) is 65.6 Å². The molecule has 0 bridgehead atoms. The SMILES string of the molecule is O=C(CN1CCN(S(=O)(=O)c2ccccc2)CC1)N(c1ccccc1)C1CCCCC1. The molecule has 0 unspecified atom stereocenters. The zero-order valence-corrected chi connectivity index (χ0v) is 18.7. The minimum absolute atomic E-state index is 0.109. The molecule has 1 heterocycles. The molecule has 2 aliphatic rings. The number of amides is 1. The molecule has 1 amide bonds. The predicted octanol–water partition coefficient (Wildman–Crippen LogP) is 3.36. The van der Waals surface area contributed by atoms with Gasteiger partial charge in [0.25, 0.3) is 0 Å². The Kier molecular flexibility index (Phi) is 7.05. The molecule has 4 rings (SSSR count). The lowest BCUT2D eigenvalue weighted by molar-refractivity contribution is -0.120. The van der Waals surface area contributed by atoms with Gasteiger partial charge in [-0.25, -0.2) is 8.42 Å². The van der Waals surface area contributed by atoms with E-state index in [-0.39, 0.29) is 11.9 Å². The van der Waals surface area contributed by atoms with Crippen molar-refractivity contribution >= 4 is 21.6 Å². The van der Waals surface area contributed by atoms with Crippen molar-refractivity contribution in [1.82, 2.24) is 9.21 Å². The van der Waals surface area contributed by atoms with Crippen molar-refractivity contribution in [1.29, 1.82) is 0 Å². The topological polar surface area (TPSA) is 60.9 Å². The maximum Gasteiger partial charge on any atom is 0.243 e. The molecule has 7 heteroatoms. The Morgan fingerprint density at radius 2 is 1.42 bits per heavy atom. The molecule has 0 spiro atoms. The molecule has 1 saturated heterocycles. The van der Waals surface area contributed by atoms with Crippen LogP contribution in [0.25, 0.3) is 0 Å². The summed E-state index contributed by atoms with van der Waals surface area (Å²) in [4.78, 5) is 17.8. The van der Waals surface area contributed by atoms with Gasteiger partial charge >= 0.3 is 0 Å². The molecule has 0 aromatic heterocycles. The molecule has 1 aliphatic carbocycles. The van der Waals surface area contributed by atoms with Gasteiger partial charge in [0.1, 0.15) is 0 Å². The number of anilines is 1. The van der Waals surface area contributed by atoms with E-state index in [1.165, 1.54) is 10.7 Å². The molecule has 6 nitrogen and oxygen atoms in total. The fraction of sp³-hybridized carbons (Fsp3) is 0.458. The van der Waals surface area contributed by atoms with Crippen molar-refractivity contribution in [3.63, 3.8) is 0 Å². The Labute approximate surface area is 185 Å². The minimum Gasteiger partial charge on any atom is -0.308 e. The Morgan fingerprint density at radius 1 is 0.839 bits per heavy atom. The van der Waals surface area contributed by atoms with Crippen LogP contribution in [0.5, 0.6) is 0 Å². The summed E-state index contributed by atoms with van der Waals surface area (Å²) in [6.07, 6.45) is 5.66. The van der Waals surface area contributed by atoms with Crippen LogP contribution in [-0.4, -0.2) is 62.3 Å². The summed E-state index contributed by atoms with van der Waals surface area (Å²) in [7, 11) is -3.48. The first-order valence-electron chi connectivity index (χ1n) is 11.2. The van der Waals surface area contributed by atoms with Crippen LogP contribution < -0.4 is 4.90 Å². The van der Waals surface area contributed by atoms with Crippen LogP contribution in [0.3, 0.4) is 0 Å². The summed E-state index contributed by atoms with van der Waals surface area (Å²) < 4.78 is 27.2. The highest BCUT2D eigenvalue weighted by Gasteiger charge is 2.31. The maximum absolute atomic E-state index is 13.4. The zero-order valence-electron chi connectivity index (χ0n) is 17.9. The molecule has 0 radical (unpaired) electrons. The lowest BCUT2D eigenvalue weighted by atomic mass is 9.93. The molecule has 2 fully saturated rings. The van der Waals surface area contributed by atoms with Gasteiger partial charge in [-0.15, -0.1) is 0 Å². The molecule has 166 valence electrons. The molecule has 1 aliphatic heterocycles. The summed E-state index contributed by atoms with van der Waals surface area (Å²) in [6, 6.07) is 18.8. The van der Waals surface area contributed by atoms with E-state index in [1.807, 2.05) is 41.3 Å². The van der Waals surface area contributed by atoms with Crippen molar-refractivity contribution in [2.24, 2.45) is 0 Å². The van der Waals surface area contributed by atoms with Crippen LogP contribution in [0.1, 0.15) is 32.1 Å². The van der Waals surface area contributed by atoms with E-state index < -0.39 is 10.0 Å². The van der Waals surface area contributed by atoms with Crippen LogP contribution >= 0.6 is 0 Å². The first-order valence-corrected chi connectivity index (χ1v) is 12.6. The number of hydrogen-bond acceptors (Lipinski definition) is 4. The third kappa shape index (κ3) is 5.17. The van der Waals surface area contributed by atoms with E-state index in [2.05, 4.69) is 4.90 Å². The van der Waals surface area contributed by atoms with Crippen molar-refractivity contribution in [2.45, 2.75) is 43.0 Å². The molecule has 1 saturated carbocycles. The Morgan fingerprint density at radius 3 is 2.03 bits per heavy atom. The molecule has 2 aromatic rings.